The van der Waals surface area contributed by atoms with Gasteiger partial charge in [-0.3, -0.25) is 0 Å². The third kappa shape index (κ3) is 2.19. The molecule has 0 aliphatic carbocycles. The molecule has 1 spiro atoms. The van der Waals surface area contributed by atoms with Gasteiger partial charge < -0.3 is 14.5 Å². The maximum Gasteiger partial charge on any atom is 0.356 e. The van der Waals surface area contributed by atoms with Gasteiger partial charge in [-0.2, -0.15) is 0 Å². The topological polar surface area (TPSA) is 51.1 Å². The zero-order valence-corrected chi connectivity index (χ0v) is 9.86. The van der Waals surface area contributed by atoms with E-state index in [-0.39, 0.29) is 11.6 Å². The van der Waals surface area contributed by atoms with E-state index >= 15 is 0 Å². The fourth-order valence-corrected chi connectivity index (χ4v) is 2.39. The Morgan fingerprint density at radius 2 is 2.50 bits per heavy atom. The van der Waals surface area contributed by atoms with Crippen LogP contribution in [0.5, 0.6) is 0 Å². The Morgan fingerprint density at radius 1 is 1.69 bits per heavy atom. The molecule has 0 aromatic carbocycles. The summed E-state index contributed by atoms with van der Waals surface area (Å²) in [5.74, 6) is -0.340. The van der Waals surface area contributed by atoms with E-state index in [2.05, 4.69) is 17.1 Å². The van der Waals surface area contributed by atoms with Crippen LogP contribution < -0.4 is 0 Å². The second kappa shape index (κ2) is 4.41. The van der Waals surface area contributed by atoms with Gasteiger partial charge >= 0.3 is 5.97 Å². The third-order valence-electron chi connectivity index (χ3n) is 3.08. The summed E-state index contributed by atoms with van der Waals surface area (Å²) < 4.78 is 4.92. The quantitative estimate of drug-likeness (QED) is 0.653. The van der Waals surface area contributed by atoms with Crippen molar-refractivity contribution in [1.29, 1.82) is 0 Å². The van der Waals surface area contributed by atoms with Crippen LogP contribution in [0.1, 0.15) is 26.2 Å². The van der Waals surface area contributed by atoms with Crippen LogP contribution in [0.25, 0.3) is 0 Å². The normalized spacial score (nSPS) is 30.0. The molecule has 2 rings (SSSR count). The molecular formula is C11H18N2O3. The molecule has 0 amide bonds. The van der Waals surface area contributed by atoms with Crippen molar-refractivity contribution in [3.8, 4) is 0 Å². The first-order valence-corrected chi connectivity index (χ1v) is 5.76. The lowest BCUT2D eigenvalue weighted by molar-refractivity contribution is -0.135. The second-order valence-electron chi connectivity index (χ2n) is 4.55. The zero-order chi connectivity index (χ0) is 11.6. The highest BCUT2D eigenvalue weighted by Gasteiger charge is 2.44. The van der Waals surface area contributed by atoms with Crippen molar-refractivity contribution in [3.05, 3.63) is 0 Å². The van der Waals surface area contributed by atoms with Gasteiger partial charge in [0, 0.05) is 13.0 Å². The van der Waals surface area contributed by atoms with Crippen LogP contribution in [0.15, 0.2) is 5.16 Å². The van der Waals surface area contributed by atoms with Crippen LogP contribution in [0.4, 0.5) is 0 Å². The number of hydrogen-bond donors (Lipinski definition) is 0. The molecular weight excluding hydrogens is 208 g/mol. The van der Waals surface area contributed by atoms with Crippen molar-refractivity contribution in [1.82, 2.24) is 4.90 Å². The Balaban J connectivity index is 1.96. The van der Waals surface area contributed by atoms with E-state index in [0.717, 1.165) is 25.9 Å². The first-order chi connectivity index (χ1) is 7.65. The first-order valence-electron chi connectivity index (χ1n) is 5.76. The smallest absolute Gasteiger partial charge is 0.356 e. The Bertz CT molecular complexity index is 316. The average Bonchev–Trinajstić information content (AvgIpc) is 2.62. The molecule has 0 N–H and O–H groups in total. The molecule has 0 aromatic rings. The summed E-state index contributed by atoms with van der Waals surface area (Å²) in [4.78, 5) is 19.2. The Labute approximate surface area is 95.4 Å². The maximum atomic E-state index is 11.5. The number of piperidine rings is 1. The molecule has 1 fully saturated rings. The Hall–Kier alpha value is -1.10. The summed E-state index contributed by atoms with van der Waals surface area (Å²) in [5.41, 5.74) is 0.145. The van der Waals surface area contributed by atoms with Crippen molar-refractivity contribution in [2.24, 2.45) is 5.16 Å². The number of carbonyl (C=O) groups excluding carboxylic acids is 1. The molecule has 1 atom stereocenters. The number of rotatable bonds is 2. The average molecular weight is 226 g/mol. The SMILES string of the molecule is CCOC(=O)C1=NOC2(CCCN(C)C2)C1. The molecule has 2 heterocycles. The number of likely N-dealkylation sites (tertiary alicyclic amines) is 1. The number of likely N-dealkylation sites (N-methyl/N-ethyl adjacent to an activating group) is 1. The molecule has 0 saturated carbocycles. The van der Waals surface area contributed by atoms with Crippen LogP contribution in [0.2, 0.25) is 0 Å². The van der Waals surface area contributed by atoms with E-state index in [1.54, 1.807) is 6.92 Å². The van der Waals surface area contributed by atoms with E-state index in [1.165, 1.54) is 0 Å². The lowest BCUT2D eigenvalue weighted by Crippen LogP contribution is -2.46. The highest BCUT2D eigenvalue weighted by atomic mass is 16.7. The molecule has 5 nitrogen and oxygen atoms in total. The van der Waals surface area contributed by atoms with Gasteiger partial charge in [0.1, 0.15) is 0 Å². The first kappa shape index (κ1) is 11.4. The predicted octanol–water partition coefficient (Wildman–Crippen LogP) is 0.790. The van der Waals surface area contributed by atoms with E-state index in [0.29, 0.717) is 18.7 Å². The van der Waals surface area contributed by atoms with E-state index < -0.39 is 0 Å². The van der Waals surface area contributed by atoms with Crippen molar-refractivity contribution in [2.75, 3.05) is 26.7 Å². The molecule has 1 unspecified atom stereocenters. The molecule has 1 saturated heterocycles. The minimum atomic E-state index is -0.340. The summed E-state index contributed by atoms with van der Waals surface area (Å²) in [6.07, 6.45) is 2.63. The minimum absolute atomic E-state index is 0.283. The van der Waals surface area contributed by atoms with Crippen LogP contribution in [-0.2, 0) is 14.4 Å². The van der Waals surface area contributed by atoms with Gasteiger partial charge in [0.05, 0.1) is 6.61 Å². The molecule has 90 valence electrons. The van der Waals surface area contributed by atoms with E-state index in [9.17, 15) is 4.79 Å². The van der Waals surface area contributed by atoms with Crippen LogP contribution >= 0.6 is 0 Å². The fourth-order valence-electron chi connectivity index (χ4n) is 2.39. The van der Waals surface area contributed by atoms with E-state index in [1.807, 2.05) is 0 Å². The standard InChI is InChI=1S/C11H18N2O3/c1-3-15-10(14)9-7-11(16-12-9)5-4-6-13(2)8-11/h3-8H2,1-2H3. The van der Waals surface area contributed by atoms with Gasteiger partial charge in [-0.1, -0.05) is 5.16 Å². The second-order valence-corrected chi connectivity index (χ2v) is 4.55. The lowest BCUT2D eigenvalue weighted by Gasteiger charge is -2.36. The van der Waals surface area contributed by atoms with Gasteiger partial charge in [-0.25, -0.2) is 4.79 Å². The van der Waals surface area contributed by atoms with Gasteiger partial charge in [0.15, 0.2) is 11.3 Å². The monoisotopic (exact) mass is 226 g/mol. The molecule has 2 aliphatic heterocycles. The number of carbonyl (C=O) groups is 1. The zero-order valence-electron chi connectivity index (χ0n) is 9.86. The highest BCUT2D eigenvalue weighted by molar-refractivity contribution is 6.36. The van der Waals surface area contributed by atoms with Gasteiger partial charge in [-0.15, -0.1) is 0 Å². The molecule has 2 aliphatic rings. The highest BCUT2D eigenvalue weighted by Crippen LogP contribution is 2.32. The molecule has 0 bridgehead atoms. The number of nitrogens with zero attached hydrogens (tertiary/aromatic N) is 2. The van der Waals surface area contributed by atoms with Crippen molar-refractivity contribution >= 4 is 11.7 Å². The van der Waals surface area contributed by atoms with Crippen molar-refractivity contribution in [2.45, 2.75) is 31.8 Å². The van der Waals surface area contributed by atoms with Gasteiger partial charge in [0.25, 0.3) is 0 Å². The van der Waals surface area contributed by atoms with Crippen LogP contribution in [-0.4, -0.2) is 48.9 Å². The molecule has 5 heteroatoms. The number of ether oxygens (including phenoxy) is 1. The number of esters is 1. The summed E-state index contributed by atoms with van der Waals surface area (Å²) in [6.45, 7) is 4.09. The summed E-state index contributed by atoms with van der Waals surface area (Å²) in [7, 11) is 2.06. The Kier molecular flexibility index (Phi) is 3.14. The summed E-state index contributed by atoms with van der Waals surface area (Å²) in [6, 6.07) is 0. The summed E-state index contributed by atoms with van der Waals surface area (Å²) in [5, 5.41) is 3.88. The van der Waals surface area contributed by atoms with Crippen molar-refractivity contribution in [3.63, 3.8) is 0 Å². The van der Waals surface area contributed by atoms with Gasteiger partial charge in [-0.05, 0) is 33.4 Å². The third-order valence-corrected chi connectivity index (χ3v) is 3.08. The lowest BCUT2D eigenvalue weighted by atomic mass is 9.88. The molecule has 0 aromatic heterocycles. The molecule has 0 radical (unpaired) electrons. The Morgan fingerprint density at radius 3 is 3.19 bits per heavy atom. The summed E-state index contributed by atoms with van der Waals surface area (Å²) >= 11 is 0. The van der Waals surface area contributed by atoms with Crippen molar-refractivity contribution < 1.29 is 14.4 Å². The van der Waals surface area contributed by atoms with Crippen LogP contribution in [0, 0.1) is 0 Å². The van der Waals surface area contributed by atoms with Gasteiger partial charge in [0.2, 0.25) is 0 Å². The number of oxime groups is 1. The fraction of sp³-hybridized carbons (Fsp3) is 0.818. The van der Waals surface area contributed by atoms with E-state index in [4.69, 9.17) is 9.57 Å². The predicted molar refractivity (Wildman–Crippen MR) is 59.2 cm³/mol. The minimum Gasteiger partial charge on any atom is -0.461 e. The molecule has 16 heavy (non-hydrogen) atoms. The largest absolute Gasteiger partial charge is 0.461 e. The number of hydrogen-bond acceptors (Lipinski definition) is 5. The van der Waals surface area contributed by atoms with Crippen LogP contribution in [0.3, 0.4) is 0 Å². The maximum absolute atomic E-state index is 11.5.